The fraction of sp³-hybridized carbons (Fsp3) is 0.400. The van der Waals surface area contributed by atoms with Crippen LogP contribution in [0.2, 0.25) is 0 Å². The minimum Gasteiger partial charge on any atom is -0.394 e. The maximum absolute atomic E-state index is 8.06. The molecule has 2 rings (SSSR count). The lowest BCUT2D eigenvalue weighted by Gasteiger charge is -1.82. The molecule has 0 spiro atoms. The maximum atomic E-state index is 8.06. The largest absolute Gasteiger partial charge is 0.394 e. The lowest BCUT2D eigenvalue weighted by atomic mass is 10.2. The van der Waals surface area contributed by atoms with E-state index in [2.05, 4.69) is 38.1 Å². The van der Waals surface area contributed by atoms with E-state index < -0.39 is 0 Å². The van der Waals surface area contributed by atoms with E-state index >= 15 is 0 Å². The topological polar surface area (TPSA) is 40.5 Å². The van der Waals surface area contributed by atoms with Gasteiger partial charge in [0, 0.05) is 12.2 Å². The van der Waals surface area contributed by atoms with Gasteiger partial charge in [-0.3, -0.25) is 0 Å². The quantitative estimate of drug-likeness (QED) is 0.736. The Morgan fingerprint density at radius 1 is 0.545 bits per heavy atom. The summed E-state index contributed by atoms with van der Waals surface area (Å²) in [4.78, 5) is 0. The van der Waals surface area contributed by atoms with Gasteiger partial charge in [0.15, 0.2) is 0 Å². The van der Waals surface area contributed by atoms with Crippen LogP contribution in [0.4, 0.5) is 0 Å². The molecule has 2 aromatic rings. The molecule has 2 nitrogen and oxygen atoms in total. The highest BCUT2D eigenvalue weighted by Crippen LogP contribution is 1.92. The van der Waals surface area contributed by atoms with Crippen molar-refractivity contribution < 1.29 is 10.2 Å². The van der Waals surface area contributed by atoms with E-state index in [-0.39, 0.29) is 12.2 Å². The Bertz CT molecular complexity index is 373. The van der Waals surface area contributed by atoms with Gasteiger partial charge in [-0.25, -0.2) is 0 Å². The Morgan fingerprint density at radius 2 is 0.727 bits per heavy atom. The molecule has 0 aliphatic carbocycles. The number of aliphatic hydroxyl groups excluding tert-OH is 2. The molecular formula is C20H32O2. The summed E-state index contributed by atoms with van der Waals surface area (Å²) in [6, 6.07) is 20.5. The molecule has 0 atom stereocenters. The number of hydrogen-bond acceptors (Lipinski definition) is 2. The van der Waals surface area contributed by atoms with Crippen molar-refractivity contribution in [1.29, 1.82) is 0 Å². The van der Waals surface area contributed by atoms with Crippen LogP contribution in [0.5, 0.6) is 0 Å². The Kier molecular flexibility index (Phi) is 16.2. The Balaban J connectivity index is 0. The zero-order chi connectivity index (χ0) is 17.4. The minimum absolute atomic E-state index is 0.167. The molecule has 0 fully saturated rings. The summed E-state index contributed by atoms with van der Waals surface area (Å²) in [6.45, 7) is 11.1. The third-order valence-electron chi connectivity index (χ3n) is 1.88. The van der Waals surface area contributed by atoms with Crippen LogP contribution in [0.25, 0.3) is 0 Å². The summed E-state index contributed by atoms with van der Waals surface area (Å²) < 4.78 is 0. The maximum Gasteiger partial charge on any atom is 0.0483 e. The number of rotatable bonds is 0. The monoisotopic (exact) mass is 304 g/mol. The van der Waals surface area contributed by atoms with E-state index in [9.17, 15) is 0 Å². The average Bonchev–Trinajstić information content (AvgIpc) is 2.40. The molecule has 0 radical (unpaired) electrons. The SMILES string of the molecule is CC(C)O.CC(C)O.Cc1ccccc1.Cc1ccccc1. The molecule has 0 unspecified atom stereocenters. The third-order valence-corrected chi connectivity index (χ3v) is 1.88. The summed E-state index contributed by atoms with van der Waals surface area (Å²) in [5.74, 6) is 0. The van der Waals surface area contributed by atoms with E-state index in [1.165, 1.54) is 11.1 Å². The molecule has 2 heteroatoms. The van der Waals surface area contributed by atoms with Crippen LogP contribution in [-0.2, 0) is 0 Å². The zero-order valence-corrected chi connectivity index (χ0v) is 14.8. The number of aliphatic hydroxyl groups is 2. The van der Waals surface area contributed by atoms with Crippen molar-refractivity contribution in [3.63, 3.8) is 0 Å². The van der Waals surface area contributed by atoms with Gasteiger partial charge in [0.1, 0.15) is 0 Å². The van der Waals surface area contributed by atoms with Gasteiger partial charge in [0.2, 0.25) is 0 Å². The highest BCUT2D eigenvalue weighted by atomic mass is 16.3. The summed E-state index contributed by atoms with van der Waals surface area (Å²) in [6.07, 6.45) is -0.333. The van der Waals surface area contributed by atoms with Crippen molar-refractivity contribution in [2.75, 3.05) is 0 Å². The van der Waals surface area contributed by atoms with Crippen molar-refractivity contribution in [2.24, 2.45) is 0 Å². The fourth-order valence-electron chi connectivity index (χ4n) is 1.07. The molecule has 0 bridgehead atoms. The Labute approximate surface area is 136 Å². The van der Waals surface area contributed by atoms with E-state index in [0.29, 0.717) is 0 Å². The first-order valence-corrected chi connectivity index (χ1v) is 7.65. The molecule has 124 valence electrons. The van der Waals surface area contributed by atoms with E-state index in [1.807, 2.05) is 36.4 Å². The second kappa shape index (κ2) is 15.7. The number of benzene rings is 2. The predicted octanol–water partition coefficient (Wildman–Crippen LogP) is 4.76. The highest BCUT2D eigenvalue weighted by Gasteiger charge is 1.72. The van der Waals surface area contributed by atoms with Crippen LogP contribution in [0, 0.1) is 13.8 Å². The fourth-order valence-corrected chi connectivity index (χ4v) is 1.07. The summed E-state index contributed by atoms with van der Waals surface area (Å²) in [7, 11) is 0. The number of hydrogen-bond donors (Lipinski definition) is 2. The van der Waals surface area contributed by atoms with Crippen LogP contribution in [-0.4, -0.2) is 22.4 Å². The van der Waals surface area contributed by atoms with Gasteiger partial charge in [-0.1, -0.05) is 71.8 Å². The molecule has 2 aromatic carbocycles. The molecule has 0 aliphatic heterocycles. The normalized spacial score (nSPS) is 8.82. The van der Waals surface area contributed by atoms with Gasteiger partial charge in [-0.15, -0.1) is 0 Å². The smallest absolute Gasteiger partial charge is 0.0483 e. The van der Waals surface area contributed by atoms with Gasteiger partial charge < -0.3 is 10.2 Å². The van der Waals surface area contributed by atoms with E-state index in [4.69, 9.17) is 10.2 Å². The first-order chi connectivity index (χ1) is 10.3. The molecular weight excluding hydrogens is 272 g/mol. The van der Waals surface area contributed by atoms with Gasteiger partial charge in [-0.2, -0.15) is 0 Å². The average molecular weight is 304 g/mol. The van der Waals surface area contributed by atoms with Gasteiger partial charge in [0.25, 0.3) is 0 Å². The van der Waals surface area contributed by atoms with Crippen LogP contribution in [0.3, 0.4) is 0 Å². The molecule has 0 saturated heterocycles. The highest BCUT2D eigenvalue weighted by molar-refractivity contribution is 5.12. The lowest BCUT2D eigenvalue weighted by Crippen LogP contribution is -1.85. The van der Waals surface area contributed by atoms with Crippen LogP contribution < -0.4 is 0 Å². The second-order valence-electron chi connectivity index (χ2n) is 5.50. The summed E-state index contributed by atoms with van der Waals surface area (Å²) in [5.41, 5.74) is 2.64. The van der Waals surface area contributed by atoms with Gasteiger partial charge in [-0.05, 0) is 41.5 Å². The lowest BCUT2D eigenvalue weighted by molar-refractivity contribution is 0.215. The number of aryl methyl sites for hydroxylation is 2. The van der Waals surface area contributed by atoms with Crippen LogP contribution >= 0.6 is 0 Å². The third kappa shape index (κ3) is 26.8. The zero-order valence-electron chi connectivity index (χ0n) is 14.8. The van der Waals surface area contributed by atoms with Crippen molar-refractivity contribution in [2.45, 2.75) is 53.8 Å². The first kappa shape index (κ1) is 22.6. The van der Waals surface area contributed by atoms with E-state index in [1.54, 1.807) is 27.7 Å². The molecule has 0 aliphatic rings. The molecule has 0 aromatic heterocycles. The van der Waals surface area contributed by atoms with Gasteiger partial charge >= 0.3 is 0 Å². The molecule has 0 amide bonds. The first-order valence-electron chi connectivity index (χ1n) is 7.65. The van der Waals surface area contributed by atoms with E-state index in [0.717, 1.165) is 0 Å². The Hall–Kier alpha value is -1.64. The summed E-state index contributed by atoms with van der Waals surface area (Å²) in [5, 5.41) is 16.1. The Morgan fingerprint density at radius 3 is 0.818 bits per heavy atom. The molecule has 0 saturated carbocycles. The van der Waals surface area contributed by atoms with Crippen molar-refractivity contribution in [1.82, 2.24) is 0 Å². The van der Waals surface area contributed by atoms with Crippen LogP contribution in [0.1, 0.15) is 38.8 Å². The van der Waals surface area contributed by atoms with Crippen LogP contribution in [0.15, 0.2) is 60.7 Å². The van der Waals surface area contributed by atoms with Gasteiger partial charge in [0.05, 0.1) is 0 Å². The second-order valence-corrected chi connectivity index (χ2v) is 5.50. The predicted molar refractivity (Wildman–Crippen MR) is 97.1 cm³/mol. The van der Waals surface area contributed by atoms with Crippen molar-refractivity contribution in [3.05, 3.63) is 71.8 Å². The standard InChI is InChI=1S/2C7H8.2C3H8O/c2*1-7-5-3-2-4-6-7;2*1-3(2)4/h2*2-6H,1H3;2*3-4H,1-2H3. The molecule has 0 heterocycles. The minimum atomic E-state index is -0.167. The van der Waals surface area contributed by atoms with Crippen molar-refractivity contribution in [3.8, 4) is 0 Å². The molecule has 2 N–H and O–H groups in total. The van der Waals surface area contributed by atoms with Crippen molar-refractivity contribution >= 4 is 0 Å². The summed E-state index contributed by atoms with van der Waals surface area (Å²) >= 11 is 0. The molecule has 22 heavy (non-hydrogen) atoms.